The molecule has 2 rings (SSSR count). The van der Waals surface area contributed by atoms with Crippen molar-refractivity contribution < 1.29 is 0 Å². The van der Waals surface area contributed by atoms with E-state index in [2.05, 4.69) is 46.9 Å². The standard InChI is InChI=1S/C13H17N3S/c1-14-9-13(11-6-4-3-5-7-11)17-12-8-15-16(2)10-12/h3-8,10,13-14H,9H2,1-2H3. The zero-order valence-corrected chi connectivity index (χ0v) is 10.9. The van der Waals surface area contributed by atoms with Crippen LogP contribution < -0.4 is 5.32 Å². The van der Waals surface area contributed by atoms with E-state index in [1.54, 1.807) is 0 Å². The molecule has 1 aromatic carbocycles. The van der Waals surface area contributed by atoms with Gasteiger partial charge in [-0.1, -0.05) is 30.3 Å². The van der Waals surface area contributed by atoms with Crippen LogP contribution in [0.5, 0.6) is 0 Å². The third-order valence-corrected chi connectivity index (χ3v) is 3.73. The summed E-state index contributed by atoms with van der Waals surface area (Å²) in [6.45, 7) is 0.948. The van der Waals surface area contributed by atoms with Crippen LogP contribution >= 0.6 is 11.8 Å². The first-order valence-corrected chi connectivity index (χ1v) is 6.52. The Hall–Kier alpha value is -1.26. The SMILES string of the molecule is CNCC(Sc1cnn(C)c1)c1ccccc1. The number of benzene rings is 1. The van der Waals surface area contributed by atoms with Gasteiger partial charge in [0.25, 0.3) is 0 Å². The van der Waals surface area contributed by atoms with E-state index in [4.69, 9.17) is 0 Å². The van der Waals surface area contributed by atoms with Gasteiger partial charge < -0.3 is 5.32 Å². The van der Waals surface area contributed by atoms with Crippen molar-refractivity contribution in [3.8, 4) is 0 Å². The van der Waals surface area contributed by atoms with Crippen molar-refractivity contribution in [3.63, 3.8) is 0 Å². The van der Waals surface area contributed by atoms with E-state index < -0.39 is 0 Å². The van der Waals surface area contributed by atoms with Gasteiger partial charge in [0.05, 0.1) is 6.20 Å². The van der Waals surface area contributed by atoms with Crippen LogP contribution in [0.4, 0.5) is 0 Å². The summed E-state index contributed by atoms with van der Waals surface area (Å²) in [6, 6.07) is 10.6. The number of hydrogen-bond acceptors (Lipinski definition) is 3. The summed E-state index contributed by atoms with van der Waals surface area (Å²) in [6.07, 6.45) is 3.96. The van der Waals surface area contributed by atoms with Crippen molar-refractivity contribution >= 4 is 11.8 Å². The maximum Gasteiger partial charge on any atom is 0.0626 e. The first-order valence-electron chi connectivity index (χ1n) is 5.64. The van der Waals surface area contributed by atoms with Crippen LogP contribution in [0.2, 0.25) is 0 Å². The highest BCUT2D eigenvalue weighted by molar-refractivity contribution is 7.99. The highest BCUT2D eigenvalue weighted by atomic mass is 32.2. The Morgan fingerprint density at radius 3 is 2.71 bits per heavy atom. The number of aryl methyl sites for hydroxylation is 1. The first kappa shape index (κ1) is 12.2. The van der Waals surface area contributed by atoms with E-state index in [1.165, 1.54) is 10.5 Å². The Balaban J connectivity index is 2.13. The molecule has 1 unspecified atom stereocenters. The number of likely N-dealkylation sites (N-methyl/N-ethyl adjacent to an activating group) is 1. The minimum absolute atomic E-state index is 0.422. The highest BCUT2D eigenvalue weighted by Gasteiger charge is 2.12. The number of hydrogen-bond donors (Lipinski definition) is 1. The Kier molecular flexibility index (Phi) is 4.23. The molecular weight excluding hydrogens is 230 g/mol. The molecule has 4 heteroatoms. The molecule has 0 aliphatic heterocycles. The number of nitrogens with zero attached hydrogens (tertiary/aromatic N) is 2. The van der Waals surface area contributed by atoms with Crippen LogP contribution in [-0.2, 0) is 7.05 Å². The van der Waals surface area contributed by atoms with Gasteiger partial charge in [0.2, 0.25) is 0 Å². The van der Waals surface area contributed by atoms with Gasteiger partial charge in [-0.05, 0) is 12.6 Å². The molecule has 0 spiro atoms. The van der Waals surface area contributed by atoms with Crippen molar-refractivity contribution in [2.24, 2.45) is 7.05 Å². The fraction of sp³-hybridized carbons (Fsp3) is 0.308. The molecule has 2 aromatic rings. The van der Waals surface area contributed by atoms with Gasteiger partial charge >= 0.3 is 0 Å². The molecule has 0 aliphatic rings. The predicted molar refractivity (Wildman–Crippen MR) is 72.2 cm³/mol. The summed E-state index contributed by atoms with van der Waals surface area (Å²) in [5.41, 5.74) is 1.34. The molecular formula is C13H17N3S. The summed E-state index contributed by atoms with van der Waals surface area (Å²) in [5, 5.41) is 7.87. The maximum absolute atomic E-state index is 4.20. The fourth-order valence-corrected chi connectivity index (χ4v) is 2.90. The maximum atomic E-state index is 4.20. The third kappa shape index (κ3) is 3.35. The molecule has 1 atom stereocenters. The van der Waals surface area contributed by atoms with E-state index in [9.17, 15) is 0 Å². The van der Waals surface area contributed by atoms with Crippen LogP contribution in [0, 0.1) is 0 Å². The van der Waals surface area contributed by atoms with Gasteiger partial charge in [-0.25, -0.2) is 0 Å². The van der Waals surface area contributed by atoms with E-state index in [-0.39, 0.29) is 0 Å². The predicted octanol–water partition coefficient (Wildman–Crippen LogP) is 2.47. The summed E-state index contributed by atoms with van der Waals surface area (Å²) in [4.78, 5) is 1.21. The lowest BCUT2D eigenvalue weighted by molar-refractivity contribution is 0.766. The van der Waals surface area contributed by atoms with Crippen LogP contribution in [0.1, 0.15) is 10.8 Å². The number of thioether (sulfide) groups is 1. The quantitative estimate of drug-likeness (QED) is 0.823. The number of nitrogens with one attached hydrogen (secondary N) is 1. The minimum atomic E-state index is 0.422. The molecule has 0 aliphatic carbocycles. The molecule has 0 saturated carbocycles. The van der Waals surface area contributed by atoms with Crippen LogP contribution in [0.3, 0.4) is 0 Å². The summed E-state index contributed by atoms with van der Waals surface area (Å²) in [5.74, 6) is 0. The smallest absolute Gasteiger partial charge is 0.0626 e. The normalized spacial score (nSPS) is 12.6. The molecule has 3 nitrogen and oxygen atoms in total. The first-order chi connectivity index (χ1) is 8.29. The Labute approximate surface area is 106 Å². The lowest BCUT2D eigenvalue weighted by Gasteiger charge is -2.15. The molecule has 0 radical (unpaired) electrons. The van der Waals surface area contributed by atoms with Crippen molar-refractivity contribution in [2.75, 3.05) is 13.6 Å². The fourth-order valence-electron chi connectivity index (χ4n) is 1.70. The topological polar surface area (TPSA) is 29.9 Å². The summed E-state index contributed by atoms with van der Waals surface area (Å²) >= 11 is 1.84. The second kappa shape index (κ2) is 5.89. The molecule has 1 N–H and O–H groups in total. The largest absolute Gasteiger partial charge is 0.318 e. The van der Waals surface area contributed by atoms with Crippen LogP contribution in [0.25, 0.3) is 0 Å². The zero-order valence-electron chi connectivity index (χ0n) is 10.1. The highest BCUT2D eigenvalue weighted by Crippen LogP contribution is 2.34. The molecule has 1 heterocycles. The number of aromatic nitrogens is 2. The van der Waals surface area contributed by atoms with Gasteiger partial charge in [0.15, 0.2) is 0 Å². The van der Waals surface area contributed by atoms with E-state index in [0.717, 1.165) is 6.54 Å². The van der Waals surface area contributed by atoms with Gasteiger partial charge in [-0.3, -0.25) is 4.68 Å². The molecule has 17 heavy (non-hydrogen) atoms. The molecule has 90 valence electrons. The lowest BCUT2D eigenvalue weighted by atomic mass is 10.1. The zero-order chi connectivity index (χ0) is 12.1. The molecule has 0 amide bonds. The van der Waals surface area contributed by atoms with E-state index >= 15 is 0 Å². The van der Waals surface area contributed by atoms with Gasteiger partial charge in [0, 0.05) is 29.9 Å². The monoisotopic (exact) mass is 247 g/mol. The van der Waals surface area contributed by atoms with Crippen LogP contribution in [0.15, 0.2) is 47.6 Å². The molecule has 0 saturated heterocycles. The second-order valence-corrected chi connectivity index (χ2v) is 5.20. The van der Waals surface area contributed by atoms with Crippen LogP contribution in [-0.4, -0.2) is 23.4 Å². The van der Waals surface area contributed by atoms with Crippen molar-refractivity contribution in [2.45, 2.75) is 10.1 Å². The second-order valence-electron chi connectivity index (χ2n) is 3.92. The van der Waals surface area contributed by atoms with Crippen molar-refractivity contribution in [1.82, 2.24) is 15.1 Å². The third-order valence-electron chi connectivity index (χ3n) is 2.52. The van der Waals surface area contributed by atoms with E-state index in [0.29, 0.717) is 5.25 Å². The average Bonchev–Trinajstić information content (AvgIpc) is 2.75. The summed E-state index contributed by atoms with van der Waals surface area (Å²) < 4.78 is 1.84. The Morgan fingerprint density at radius 1 is 1.35 bits per heavy atom. The lowest BCUT2D eigenvalue weighted by Crippen LogP contribution is -2.14. The van der Waals surface area contributed by atoms with Gasteiger partial charge in [-0.15, -0.1) is 11.8 Å². The minimum Gasteiger partial charge on any atom is -0.318 e. The van der Waals surface area contributed by atoms with Crippen molar-refractivity contribution in [3.05, 3.63) is 48.3 Å². The van der Waals surface area contributed by atoms with E-state index in [1.807, 2.05) is 36.7 Å². The molecule has 0 bridgehead atoms. The Morgan fingerprint density at radius 2 is 2.12 bits per heavy atom. The number of rotatable bonds is 5. The molecule has 1 aromatic heterocycles. The van der Waals surface area contributed by atoms with Crippen molar-refractivity contribution in [1.29, 1.82) is 0 Å². The van der Waals surface area contributed by atoms with Gasteiger partial charge in [0.1, 0.15) is 0 Å². The molecule has 0 fully saturated rings. The van der Waals surface area contributed by atoms with Gasteiger partial charge in [-0.2, -0.15) is 5.10 Å². The Bertz CT molecular complexity index is 453. The average molecular weight is 247 g/mol. The summed E-state index contributed by atoms with van der Waals surface area (Å²) in [7, 11) is 3.93.